The Bertz CT molecular complexity index is 2300. The molecule has 0 saturated carbocycles. The number of rotatable bonds is 6. The van der Waals surface area contributed by atoms with E-state index in [2.05, 4.69) is 25.1 Å². The molecule has 1 aliphatic heterocycles. The smallest absolute Gasteiger partial charge is 0.267 e. The van der Waals surface area contributed by atoms with Crippen molar-refractivity contribution in [3.63, 3.8) is 0 Å². The van der Waals surface area contributed by atoms with E-state index in [1.165, 1.54) is 0 Å². The lowest BCUT2D eigenvalue weighted by Gasteiger charge is -2.23. The molecular formula is C41H30ClN5O. The van der Waals surface area contributed by atoms with Gasteiger partial charge < -0.3 is 0 Å². The fourth-order valence-electron chi connectivity index (χ4n) is 6.25. The van der Waals surface area contributed by atoms with Crippen LogP contribution in [-0.4, -0.2) is 31.4 Å². The van der Waals surface area contributed by atoms with Gasteiger partial charge in [0.05, 0.1) is 39.6 Å². The molecule has 0 bridgehead atoms. The normalized spacial score (nSPS) is 14.3. The van der Waals surface area contributed by atoms with E-state index in [0.29, 0.717) is 17.0 Å². The van der Waals surface area contributed by atoms with Crippen LogP contribution in [0.3, 0.4) is 0 Å². The first kappa shape index (κ1) is 29.5. The van der Waals surface area contributed by atoms with Gasteiger partial charge in [-0.2, -0.15) is 10.2 Å². The lowest BCUT2D eigenvalue weighted by Crippen LogP contribution is -2.29. The minimum Gasteiger partial charge on any atom is -0.267 e. The molecule has 1 amide bonds. The summed E-state index contributed by atoms with van der Waals surface area (Å²) >= 11 is 6.26. The van der Waals surface area contributed by atoms with E-state index in [-0.39, 0.29) is 5.91 Å². The van der Waals surface area contributed by atoms with Gasteiger partial charge in [-0.25, -0.2) is 14.7 Å². The van der Waals surface area contributed by atoms with Crippen LogP contribution in [0.15, 0.2) is 151 Å². The summed E-state index contributed by atoms with van der Waals surface area (Å²) in [5.74, 6) is -0.210. The Kier molecular flexibility index (Phi) is 7.63. The number of hydrogen-bond donors (Lipinski definition) is 0. The second kappa shape index (κ2) is 12.4. The molecule has 3 heterocycles. The number of carbonyl (C=O) groups is 1. The van der Waals surface area contributed by atoms with Gasteiger partial charge in [-0.1, -0.05) is 120 Å². The Morgan fingerprint density at radius 2 is 1.35 bits per heavy atom. The highest BCUT2D eigenvalue weighted by Crippen LogP contribution is 2.38. The van der Waals surface area contributed by atoms with Crippen molar-refractivity contribution in [1.29, 1.82) is 0 Å². The third-order valence-electron chi connectivity index (χ3n) is 8.74. The molecule has 1 atom stereocenters. The third-order valence-corrected chi connectivity index (χ3v) is 8.99. The van der Waals surface area contributed by atoms with Crippen molar-refractivity contribution in [2.75, 3.05) is 0 Å². The average Bonchev–Trinajstić information content (AvgIpc) is 3.78. The maximum absolute atomic E-state index is 15.0. The van der Waals surface area contributed by atoms with Gasteiger partial charge in [-0.05, 0) is 55.0 Å². The Labute approximate surface area is 283 Å². The van der Waals surface area contributed by atoms with Crippen LogP contribution >= 0.6 is 11.6 Å². The monoisotopic (exact) mass is 643 g/mol. The number of hydrazone groups is 1. The molecule has 5 aromatic carbocycles. The van der Waals surface area contributed by atoms with E-state index in [1.807, 2.05) is 132 Å². The number of aryl methyl sites for hydroxylation is 1. The van der Waals surface area contributed by atoms with Crippen molar-refractivity contribution in [1.82, 2.24) is 19.8 Å². The molecule has 1 aliphatic rings. The Morgan fingerprint density at radius 1 is 0.708 bits per heavy atom. The standard InChI is InChI=1S/C41H30ClN5O/c1-27-16-18-29(19-17-27)36-24-34(33-14-8-9-15-35(33)43-36)41(48)47-40(26-38(45-47)30-20-22-31(42)23-21-30)39-25-37(28-10-4-2-5-11-28)44-46(39)32-12-6-3-7-13-32/h2-25,40H,26H2,1H3. The van der Waals surface area contributed by atoms with Gasteiger partial charge in [0.1, 0.15) is 6.04 Å². The zero-order valence-corrected chi connectivity index (χ0v) is 26.9. The van der Waals surface area contributed by atoms with Gasteiger partial charge in [0.2, 0.25) is 0 Å². The molecule has 7 heteroatoms. The zero-order chi connectivity index (χ0) is 32.6. The molecule has 0 radical (unpaired) electrons. The zero-order valence-electron chi connectivity index (χ0n) is 26.2. The molecule has 0 N–H and O–H groups in total. The van der Waals surface area contributed by atoms with E-state index in [9.17, 15) is 4.79 Å². The Morgan fingerprint density at radius 3 is 2.10 bits per heavy atom. The molecule has 6 nitrogen and oxygen atoms in total. The van der Waals surface area contributed by atoms with E-state index in [1.54, 1.807) is 5.01 Å². The maximum Gasteiger partial charge on any atom is 0.275 e. The molecule has 0 saturated heterocycles. The first-order valence-corrected chi connectivity index (χ1v) is 16.2. The fraction of sp³-hybridized carbons (Fsp3) is 0.0732. The molecule has 0 fully saturated rings. The second-order valence-electron chi connectivity index (χ2n) is 11.9. The number of amides is 1. The summed E-state index contributed by atoms with van der Waals surface area (Å²) in [5, 5.41) is 13.2. The van der Waals surface area contributed by atoms with Crippen LogP contribution < -0.4 is 0 Å². The lowest BCUT2D eigenvalue weighted by molar-refractivity contribution is 0.0708. The van der Waals surface area contributed by atoms with Gasteiger partial charge >= 0.3 is 0 Å². The number of carbonyl (C=O) groups excluding carboxylic acids is 1. The lowest BCUT2D eigenvalue weighted by atomic mass is 9.99. The number of halogens is 1. The highest BCUT2D eigenvalue weighted by Gasteiger charge is 2.37. The Hall–Kier alpha value is -5.85. The van der Waals surface area contributed by atoms with Crippen molar-refractivity contribution in [3.8, 4) is 28.2 Å². The van der Waals surface area contributed by atoms with Crippen molar-refractivity contribution in [2.45, 2.75) is 19.4 Å². The average molecular weight is 644 g/mol. The molecule has 2 aromatic heterocycles. The minimum atomic E-state index is -0.442. The van der Waals surface area contributed by atoms with Crippen LogP contribution in [0.5, 0.6) is 0 Å². The van der Waals surface area contributed by atoms with Crippen molar-refractivity contribution in [2.24, 2.45) is 5.10 Å². The predicted octanol–water partition coefficient (Wildman–Crippen LogP) is 9.71. The van der Waals surface area contributed by atoms with E-state index in [4.69, 9.17) is 26.8 Å². The van der Waals surface area contributed by atoms with E-state index < -0.39 is 6.04 Å². The highest BCUT2D eigenvalue weighted by molar-refractivity contribution is 6.30. The van der Waals surface area contributed by atoms with Gasteiger partial charge in [-0.15, -0.1) is 0 Å². The molecular weight excluding hydrogens is 614 g/mol. The van der Waals surface area contributed by atoms with Crippen LogP contribution in [0.4, 0.5) is 0 Å². The van der Waals surface area contributed by atoms with Crippen molar-refractivity contribution >= 4 is 34.1 Å². The molecule has 0 aliphatic carbocycles. The summed E-state index contributed by atoms with van der Waals surface area (Å²) in [5.41, 5.74) is 9.39. The minimum absolute atomic E-state index is 0.210. The van der Waals surface area contributed by atoms with Crippen LogP contribution in [-0.2, 0) is 0 Å². The number of pyridine rings is 1. The summed E-state index contributed by atoms with van der Waals surface area (Å²) in [6.07, 6.45) is 0.494. The first-order valence-electron chi connectivity index (χ1n) is 15.9. The molecule has 232 valence electrons. The number of hydrogen-bond acceptors (Lipinski definition) is 4. The van der Waals surface area contributed by atoms with E-state index >= 15 is 0 Å². The number of aromatic nitrogens is 3. The summed E-state index contributed by atoms with van der Waals surface area (Å²) in [6, 6.07) is 47.2. The summed E-state index contributed by atoms with van der Waals surface area (Å²) < 4.78 is 1.94. The number of benzene rings is 5. The summed E-state index contributed by atoms with van der Waals surface area (Å²) in [7, 11) is 0. The molecule has 7 aromatic rings. The molecule has 48 heavy (non-hydrogen) atoms. The first-order chi connectivity index (χ1) is 23.5. The predicted molar refractivity (Wildman–Crippen MR) is 192 cm³/mol. The summed E-state index contributed by atoms with van der Waals surface area (Å²) in [4.78, 5) is 19.9. The van der Waals surface area contributed by atoms with Crippen LogP contribution in [0.2, 0.25) is 5.02 Å². The molecule has 8 rings (SSSR count). The van der Waals surface area contributed by atoms with Gasteiger partial charge in [0, 0.05) is 28.0 Å². The quantitative estimate of drug-likeness (QED) is 0.181. The Balaban J connectivity index is 1.30. The topological polar surface area (TPSA) is 63.4 Å². The number of para-hydroxylation sites is 2. The fourth-order valence-corrected chi connectivity index (χ4v) is 6.38. The van der Waals surface area contributed by atoms with Crippen LogP contribution in [0.25, 0.3) is 39.1 Å². The number of fused-ring (bicyclic) bond motifs is 1. The molecule has 0 spiro atoms. The number of nitrogens with zero attached hydrogens (tertiary/aromatic N) is 5. The van der Waals surface area contributed by atoms with Gasteiger partial charge in [-0.3, -0.25) is 4.79 Å². The second-order valence-corrected chi connectivity index (χ2v) is 12.4. The van der Waals surface area contributed by atoms with Crippen LogP contribution in [0, 0.1) is 6.92 Å². The maximum atomic E-state index is 15.0. The molecule has 1 unspecified atom stereocenters. The summed E-state index contributed by atoms with van der Waals surface area (Å²) in [6.45, 7) is 2.06. The van der Waals surface area contributed by atoms with Crippen molar-refractivity contribution in [3.05, 3.63) is 173 Å². The van der Waals surface area contributed by atoms with Crippen molar-refractivity contribution < 1.29 is 4.79 Å². The third kappa shape index (κ3) is 5.57. The largest absolute Gasteiger partial charge is 0.275 e. The highest BCUT2D eigenvalue weighted by atomic mass is 35.5. The SMILES string of the molecule is Cc1ccc(-c2cc(C(=O)N3N=C(c4ccc(Cl)cc4)CC3c3cc(-c4ccccc4)nn3-c3ccccc3)c3ccccc3n2)cc1. The van der Waals surface area contributed by atoms with E-state index in [0.717, 1.165) is 61.6 Å². The van der Waals surface area contributed by atoms with Crippen LogP contribution in [0.1, 0.15) is 39.6 Å². The van der Waals surface area contributed by atoms with Gasteiger partial charge in [0.15, 0.2) is 0 Å². The van der Waals surface area contributed by atoms with Gasteiger partial charge in [0.25, 0.3) is 5.91 Å².